The van der Waals surface area contributed by atoms with E-state index >= 15 is 0 Å². The normalized spacial score (nSPS) is 16.5. The standard InChI is InChI=1S/C11H20N2O3/c1-8(9-5-6-9)13(3)10(14)7-12(2)11(15)16-4/h8-9H,5-7H2,1-4H3. The summed E-state index contributed by atoms with van der Waals surface area (Å²) in [6.07, 6.45) is 1.91. The molecule has 1 saturated carbocycles. The van der Waals surface area contributed by atoms with Gasteiger partial charge in [0.1, 0.15) is 6.54 Å². The Kier molecular flexibility index (Phi) is 4.15. The molecule has 1 atom stereocenters. The van der Waals surface area contributed by atoms with Crippen molar-refractivity contribution in [3.05, 3.63) is 0 Å². The van der Waals surface area contributed by atoms with Crippen LogP contribution >= 0.6 is 0 Å². The molecule has 1 fully saturated rings. The maximum absolute atomic E-state index is 11.8. The summed E-state index contributed by atoms with van der Waals surface area (Å²) in [5, 5.41) is 0. The number of amides is 2. The zero-order valence-electron chi connectivity index (χ0n) is 10.4. The molecular weight excluding hydrogens is 208 g/mol. The van der Waals surface area contributed by atoms with Crippen LogP contribution in [0.25, 0.3) is 0 Å². The van der Waals surface area contributed by atoms with E-state index in [1.807, 2.05) is 6.92 Å². The van der Waals surface area contributed by atoms with Crippen molar-refractivity contribution in [3.8, 4) is 0 Å². The molecular formula is C11H20N2O3. The Labute approximate surface area is 96.3 Å². The van der Waals surface area contributed by atoms with Crippen LogP contribution in [0.1, 0.15) is 19.8 Å². The first-order valence-corrected chi connectivity index (χ1v) is 5.52. The van der Waals surface area contributed by atoms with Crippen LogP contribution in [-0.4, -0.2) is 55.6 Å². The predicted molar refractivity (Wildman–Crippen MR) is 60.0 cm³/mol. The van der Waals surface area contributed by atoms with Gasteiger partial charge in [-0.2, -0.15) is 0 Å². The summed E-state index contributed by atoms with van der Waals surface area (Å²) < 4.78 is 4.53. The van der Waals surface area contributed by atoms with Crippen LogP contribution in [0.4, 0.5) is 4.79 Å². The molecule has 0 radical (unpaired) electrons. The van der Waals surface area contributed by atoms with Gasteiger partial charge in [-0.15, -0.1) is 0 Å². The monoisotopic (exact) mass is 228 g/mol. The molecule has 5 heteroatoms. The highest BCUT2D eigenvalue weighted by molar-refractivity contribution is 5.82. The van der Waals surface area contributed by atoms with Crippen molar-refractivity contribution in [2.45, 2.75) is 25.8 Å². The Morgan fingerprint density at radius 3 is 2.38 bits per heavy atom. The van der Waals surface area contributed by atoms with Crippen molar-refractivity contribution < 1.29 is 14.3 Å². The lowest BCUT2D eigenvalue weighted by atomic mass is 10.2. The Balaban J connectivity index is 2.41. The fourth-order valence-corrected chi connectivity index (χ4v) is 1.66. The van der Waals surface area contributed by atoms with Gasteiger partial charge in [0, 0.05) is 20.1 Å². The van der Waals surface area contributed by atoms with Crippen LogP contribution in [0.2, 0.25) is 0 Å². The quantitative estimate of drug-likeness (QED) is 0.719. The molecule has 1 aliphatic rings. The molecule has 1 aliphatic carbocycles. The summed E-state index contributed by atoms with van der Waals surface area (Å²) in [7, 11) is 4.65. The largest absolute Gasteiger partial charge is 0.453 e. The molecule has 16 heavy (non-hydrogen) atoms. The SMILES string of the molecule is COC(=O)N(C)CC(=O)N(C)C(C)C1CC1. The maximum Gasteiger partial charge on any atom is 0.409 e. The molecule has 0 saturated heterocycles. The molecule has 0 aromatic carbocycles. The first-order chi connectivity index (χ1) is 7.47. The van der Waals surface area contributed by atoms with Crippen molar-refractivity contribution in [1.29, 1.82) is 0 Å². The van der Waals surface area contributed by atoms with E-state index in [0.29, 0.717) is 5.92 Å². The second-order valence-corrected chi connectivity index (χ2v) is 4.41. The number of methoxy groups -OCH3 is 1. The average Bonchev–Trinajstić information content (AvgIpc) is 3.09. The van der Waals surface area contributed by atoms with E-state index < -0.39 is 6.09 Å². The summed E-state index contributed by atoms with van der Waals surface area (Å²) in [5.74, 6) is 0.588. The van der Waals surface area contributed by atoms with Crippen LogP contribution in [0.3, 0.4) is 0 Å². The lowest BCUT2D eigenvalue weighted by Gasteiger charge is -2.26. The Morgan fingerprint density at radius 1 is 1.38 bits per heavy atom. The molecule has 0 aromatic rings. The summed E-state index contributed by atoms with van der Waals surface area (Å²) in [4.78, 5) is 25.9. The lowest BCUT2D eigenvalue weighted by Crippen LogP contribution is -2.43. The third kappa shape index (κ3) is 3.12. The van der Waals surface area contributed by atoms with Gasteiger partial charge >= 0.3 is 6.09 Å². The Bertz CT molecular complexity index is 276. The third-order valence-electron chi connectivity index (χ3n) is 3.17. The van der Waals surface area contributed by atoms with E-state index in [1.54, 1.807) is 19.0 Å². The molecule has 0 heterocycles. The minimum absolute atomic E-state index is 0.0488. The number of carbonyl (C=O) groups is 2. The molecule has 0 spiro atoms. The number of rotatable bonds is 4. The highest BCUT2D eigenvalue weighted by atomic mass is 16.5. The summed E-state index contributed by atoms with van der Waals surface area (Å²) in [6.45, 7) is 2.12. The minimum atomic E-state index is -0.485. The van der Waals surface area contributed by atoms with Crippen LogP contribution < -0.4 is 0 Å². The molecule has 5 nitrogen and oxygen atoms in total. The zero-order chi connectivity index (χ0) is 12.3. The molecule has 0 bridgehead atoms. The highest BCUT2D eigenvalue weighted by Gasteiger charge is 2.32. The van der Waals surface area contributed by atoms with E-state index in [0.717, 1.165) is 0 Å². The van der Waals surface area contributed by atoms with Crippen molar-refractivity contribution in [3.63, 3.8) is 0 Å². The van der Waals surface area contributed by atoms with Crippen LogP contribution in [0.15, 0.2) is 0 Å². The van der Waals surface area contributed by atoms with E-state index in [-0.39, 0.29) is 18.5 Å². The second-order valence-electron chi connectivity index (χ2n) is 4.41. The van der Waals surface area contributed by atoms with E-state index in [2.05, 4.69) is 4.74 Å². The fraction of sp³-hybridized carbons (Fsp3) is 0.818. The molecule has 0 N–H and O–H groups in total. The Hall–Kier alpha value is -1.26. The summed E-state index contributed by atoms with van der Waals surface area (Å²) >= 11 is 0. The molecule has 0 aliphatic heterocycles. The number of likely N-dealkylation sites (N-methyl/N-ethyl adjacent to an activating group) is 2. The zero-order valence-corrected chi connectivity index (χ0v) is 10.4. The highest BCUT2D eigenvalue weighted by Crippen LogP contribution is 2.34. The van der Waals surface area contributed by atoms with Crippen molar-refractivity contribution in [1.82, 2.24) is 9.80 Å². The molecule has 0 aromatic heterocycles. The number of hydrogen-bond donors (Lipinski definition) is 0. The molecule has 1 rings (SSSR count). The number of hydrogen-bond acceptors (Lipinski definition) is 3. The van der Waals surface area contributed by atoms with Gasteiger partial charge in [0.2, 0.25) is 5.91 Å². The minimum Gasteiger partial charge on any atom is -0.453 e. The molecule has 1 unspecified atom stereocenters. The van der Waals surface area contributed by atoms with Gasteiger partial charge in [-0.05, 0) is 25.7 Å². The first-order valence-electron chi connectivity index (χ1n) is 5.52. The molecule has 2 amide bonds. The number of ether oxygens (including phenoxy) is 1. The topological polar surface area (TPSA) is 49.9 Å². The van der Waals surface area contributed by atoms with Gasteiger partial charge in [-0.25, -0.2) is 4.79 Å². The Morgan fingerprint density at radius 2 is 1.94 bits per heavy atom. The second kappa shape index (κ2) is 5.18. The summed E-state index contributed by atoms with van der Waals surface area (Å²) in [6, 6.07) is 0.263. The van der Waals surface area contributed by atoms with Crippen LogP contribution in [0.5, 0.6) is 0 Å². The number of nitrogens with zero attached hydrogens (tertiary/aromatic N) is 2. The van der Waals surface area contributed by atoms with Gasteiger partial charge in [0.15, 0.2) is 0 Å². The first kappa shape index (κ1) is 12.8. The molecule has 92 valence electrons. The van der Waals surface area contributed by atoms with Crippen LogP contribution in [-0.2, 0) is 9.53 Å². The smallest absolute Gasteiger partial charge is 0.409 e. The predicted octanol–water partition coefficient (Wildman–Crippen LogP) is 0.941. The van der Waals surface area contributed by atoms with E-state index in [9.17, 15) is 9.59 Å². The maximum atomic E-state index is 11.8. The van der Waals surface area contributed by atoms with Gasteiger partial charge in [0.05, 0.1) is 7.11 Å². The third-order valence-corrected chi connectivity index (χ3v) is 3.17. The van der Waals surface area contributed by atoms with Gasteiger partial charge < -0.3 is 14.5 Å². The average molecular weight is 228 g/mol. The van der Waals surface area contributed by atoms with E-state index in [4.69, 9.17) is 0 Å². The van der Waals surface area contributed by atoms with E-state index in [1.165, 1.54) is 24.9 Å². The van der Waals surface area contributed by atoms with Crippen molar-refractivity contribution in [2.75, 3.05) is 27.7 Å². The van der Waals surface area contributed by atoms with Crippen molar-refractivity contribution >= 4 is 12.0 Å². The van der Waals surface area contributed by atoms with Gasteiger partial charge in [0.25, 0.3) is 0 Å². The van der Waals surface area contributed by atoms with Gasteiger partial charge in [-0.1, -0.05) is 0 Å². The summed E-state index contributed by atoms with van der Waals surface area (Å²) in [5.41, 5.74) is 0. The lowest BCUT2D eigenvalue weighted by molar-refractivity contribution is -0.132. The van der Waals surface area contributed by atoms with Crippen molar-refractivity contribution in [2.24, 2.45) is 5.92 Å². The number of carbonyl (C=O) groups excluding carboxylic acids is 2. The van der Waals surface area contributed by atoms with Gasteiger partial charge in [-0.3, -0.25) is 4.79 Å². The van der Waals surface area contributed by atoms with Crippen LogP contribution in [0, 0.1) is 5.92 Å². The fourth-order valence-electron chi connectivity index (χ4n) is 1.66.